The number of methoxy groups -OCH3 is 1. The number of ether oxygens (including phenoxy) is 1. The first-order valence-electron chi connectivity index (χ1n) is 5.44. The van der Waals surface area contributed by atoms with E-state index in [1.807, 2.05) is 17.8 Å². The molecule has 17 heavy (non-hydrogen) atoms. The van der Waals surface area contributed by atoms with Crippen LogP contribution in [0.15, 0.2) is 18.3 Å². The first-order valence-corrected chi connectivity index (χ1v) is 6.73. The van der Waals surface area contributed by atoms with Crippen LogP contribution in [0.5, 0.6) is 0 Å². The van der Waals surface area contributed by atoms with Crippen molar-refractivity contribution in [3.05, 3.63) is 29.6 Å². The standard InChI is InChI=1S/C12H18N2O2S/c1-9(17-3)6-13-8-11-5-4-10(7-14-11)12(15)16-2/h4-5,7,9,13H,6,8H2,1-3H3. The number of hydrogen-bond acceptors (Lipinski definition) is 5. The molecule has 0 spiro atoms. The van der Waals surface area contributed by atoms with E-state index in [0.717, 1.165) is 12.2 Å². The van der Waals surface area contributed by atoms with Crippen molar-refractivity contribution in [3.8, 4) is 0 Å². The van der Waals surface area contributed by atoms with Crippen molar-refractivity contribution in [2.75, 3.05) is 19.9 Å². The zero-order chi connectivity index (χ0) is 12.7. The summed E-state index contributed by atoms with van der Waals surface area (Å²) in [7, 11) is 1.36. The highest BCUT2D eigenvalue weighted by atomic mass is 32.2. The Morgan fingerprint density at radius 2 is 2.35 bits per heavy atom. The highest BCUT2D eigenvalue weighted by Gasteiger charge is 2.05. The lowest BCUT2D eigenvalue weighted by Gasteiger charge is -2.09. The Morgan fingerprint density at radius 3 is 2.88 bits per heavy atom. The molecule has 0 amide bonds. The third kappa shape index (κ3) is 4.75. The molecule has 5 heteroatoms. The SMILES string of the molecule is COC(=O)c1ccc(CNCC(C)SC)nc1. The van der Waals surface area contributed by atoms with Crippen molar-refractivity contribution in [2.24, 2.45) is 0 Å². The van der Waals surface area contributed by atoms with E-state index in [1.165, 1.54) is 7.11 Å². The molecule has 0 fully saturated rings. The van der Waals surface area contributed by atoms with Gasteiger partial charge < -0.3 is 10.1 Å². The number of nitrogens with zero attached hydrogens (tertiary/aromatic N) is 1. The van der Waals surface area contributed by atoms with E-state index in [0.29, 0.717) is 17.4 Å². The quantitative estimate of drug-likeness (QED) is 0.783. The minimum atomic E-state index is -0.354. The molecule has 0 aromatic carbocycles. The third-order valence-electron chi connectivity index (χ3n) is 2.39. The minimum Gasteiger partial charge on any atom is -0.465 e. The summed E-state index contributed by atoms with van der Waals surface area (Å²) in [5.41, 5.74) is 1.40. The molecule has 94 valence electrons. The van der Waals surface area contributed by atoms with Crippen molar-refractivity contribution in [1.29, 1.82) is 0 Å². The van der Waals surface area contributed by atoms with Crippen LogP contribution in [0.3, 0.4) is 0 Å². The lowest BCUT2D eigenvalue weighted by Crippen LogP contribution is -2.22. The predicted molar refractivity (Wildman–Crippen MR) is 70.3 cm³/mol. The third-order valence-corrected chi connectivity index (χ3v) is 3.36. The molecule has 1 heterocycles. The molecule has 0 saturated carbocycles. The summed E-state index contributed by atoms with van der Waals surface area (Å²) in [5.74, 6) is -0.354. The fraction of sp³-hybridized carbons (Fsp3) is 0.500. The van der Waals surface area contributed by atoms with Gasteiger partial charge in [-0.3, -0.25) is 4.98 Å². The van der Waals surface area contributed by atoms with Crippen LogP contribution in [0.25, 0.3) is 0 Å². The molecule has 1 N–H and O–H groups in total. The number of hydrogen-bond donors (Lipinski definition) is 1. The van der Waals surface area contributed by atoms with Crippen molar-refractivity contribution in [1.82, 2.24) is 10.3 Å². The van der Waals surface area contributed by atoms with Crippen molar-refractivity contribution in [3.63, 3.8) is 0 Å². The molecule has 4 nitrogen and oxygen atoms in total. The van der Waals surface area contributed by atoms with E-state index in [1.54, 1.807) is 12.3 Å². The van der Waals surface area contributed by atoms with Crippen LogP contribution in [0.4, 0.5) is 0 Å². The van der Waals surface area contributed by atoms with Crippen LogP contribution >= 0.6 is 11.8 Å². The fourth-order valence-electron chi connectivity index (χ4n) is 1.25. The fourth-order valence-corrected chi connectivity index (χ4v) is 1.54. The summed E-state index contributed by atoms with van der Waals surface area (Å²) in [4.78, 5) is 15.4. The monoisotopic (exact) mass is 254 g/mol. The van der Waals surface area contributed by atoms with Crippen LogP contribution in [-0.2, 0) is 11.3 Å². The molecule has 0 radical (unpaired) electrons. The lowest BCUT2D eigenvalue weighted by molar-refractivity contribution is 0.0600. The van der Waals surface area contributed by atoms with Gasteiger partial charge in [0.15, 0.2) is 0 Å². The highest BCUT2D eigenvalue weighted by molar-refractivity contribution is 7.99. The molecular formula is C12H18N2O2S. The number of carbonyl (C=O) groups excluding carboxylic acids is 1. The summed E-state index contributed by atoms with van der Waals surface area (Å²) in [6.07, 6.45) is 3.64. The van der Waals surface area contributed by atoms with Crippen LogP contribution in [-0.4, -0.2) is 36.1 Å². The molecule has 0 bridgehead atoms. The van der Waals surface area contributed by atoms with Crippen LogP contribution in [0, 0.1) is 0 Å². The number of pyridine rings is 1. The molecule has 1 aromatic heterocycles. The van der Waals surface area contributed by atoms with Crippen molar-refractivity contribution >= 4 is 17.7 Å². The van der Waals surface area contributed by atoms with E-state index in [2.05, 4.69) is 28.2 Å². The van der Waals surface area contributed by atoms with Gasteiger partial charge in [-0.05, 0) is 18.4 Å². The van der Waals surface area contributed by atoms with E-state index < -0.39 is 0 Å². The number of aromatic nitrogens is 1. The first-order chi connectivity index (χ1) is 8.17. The molecular weight excluding hydrogens is 236 g/mol. The van der Waals surface area contributed by atoms with Crippen molar-refractivity contribution < 1.29 is 9.53 Å². The van der Waals surface area contributed by atoms with Gasteiger partial charge in [-0.15, -0.1) is 0 Å². The average molecular weight is 254 g/mol. The van der Waals surface area contributed by atoms with Gasteiger partial charge in [0.05, 0.1) is 18.4 Å². The summed E-state index contributed by atoms with van der Waals surface area (Å²) in [5, 5.41) is 3.90. The molecule has 0 saturated heterocycles. The van der Waals surface area contributed by atoms with Gasteiger partial charge in [-0.1, -0.05) is 6.92 Å². The summed E-state index contributed by atoms with van der Waals surface area (Å²) >= 11 is 1.83. The Hall–Kier alpha value is -1.07. The molecule has 1 unspecified atom stereocenters. The average Bonchev–Trinajstić information content (AvgIpc) is 2.38. The number of carbonyl (C=O) groups is 1. The largest absolute Gasteiger partial charge is 0.465 e. The van der Waals surface area contributed by atoms with Gasteiger partial charge in [0.2, 0.25) is 0 Å². The molecule has 0 aliphatic rings. The number of thioether (sulfide) groups is 1. The minimum absolute atomic E-state index is 0.354. The molecule has 1 aromatic rings. The van der Waals surface area contributed by atoms with Gasteiger partial charge in [0.1, 0.15) is 0 Å². The van der Waals surface area contributed by atoms with Gasteiger partial charge >= 0.3 is 5.97 Å². The Morgan fingerprint density at radius 1 is 1.59 bits per heavy atom. The van der Waals surface area contributed by atoms with Gasteiger partial charge in [0, 0.05) is 24.5 Å². The molecule has 1 atom stereocenters. The number of rotatable bonds is 6. The topological polar surface area (TPSA) is 51.2 Å². The maximum atomic E-state index is 11.2. The molecule has 0 aliphatic heterocycles. The Balaban J connectivity index is 2.43. The Bertz CT molecular complexity index is 354. The maximum Gasteiger partial charge on any atom is 0.339 e. The second-order valence-corrected chi connectivity index (χ2v) is 4.98. The predicted octanol–water partition coefficient (Wildman–Crippen LogP) is 1.71. The van der Waals surface area contributed by atoms with Gasteiger partial charge in [0.25, 0.3) is 0 Å². The van der Waals surface area contributed by atoms with Crippen LogP contribution in [0.1, 0.15) is 23.0 Å². The zero-order valence-corrected chi connectivity index (χ0v) is 11.2. The van der Waals surface area contributed by atoms with Gasteiger partial charge in [-0.25, -0.2) is 4.79 Å². The smallest absolute Gasteiger partial charge is 0.339 e. The Labute approximate surface area is 106 Å². The Kier molecular flexibility index (Phi) is 6.00. The second-order valence-electron chi connectivity index (χ2n) is 3.71. The number of nitrogens with one attached hydrogen (secondary N) is 1. The normalized spacial score (nSPS) is 12.2. The van der Waals surface area contributed by atoms with E-state index in [9.17, 15) is 4.79 Å². The summed E-state index contributed by atoms with van der Waals surface area (Å²) < 4.78 is 4.61. The summed E-state index contributed by atoms with van der Waals surface area (Å²) in [6, 6.07) is 3.57. The van der Waals surface area contributed by atoms with E-state index >= 15 is 0 Å². The van der Waals surface area contributed by atoms with E-state index in [4.69, 9.17) is 0 Å². The summed E-state index contributed by atoms with van der Waals surface area (Å²) in [6.45, 7) is 3.83. The lowest BCUT2D eigenvalue weighted by atomic mass is 10.2. The van der Waals surface area contributed by atoms with Crippen LogP contribution < -0.4 is 5.32 Å². The second kappa shape index (κ2) is 7.29. The maximum absolute atomic E-state index is 11.2. The molecule has 1 rings (SSSR count). The number of esters is 1. The van der Waals surface area contributed by atoms with Gasteiger partial charge in [-0.2, -0.15) is 11.8 Å². The first kappa shape index (κ1) is 14.0. The zero-order valence-electron chi connectivity index (χ0n) is 10.4. The highest BCUT2D eigenvalue weighted by Crippen LogP contribution is 2.04. The molecule has 0 aliphatic carbocycles. The van der Waals surface area contributed by atoms with E-state index in [-0.39, 0.29) is 5.97 Å². The van der Waals surface area contributed by atoms with Crippen molar-refractivity contribution in [2.45, 2.75) is 18.7 Å². The van der Waals surface area contributed by atoms with Crippen LogP contribution in [0.2, 0.25) is 0 Å².